The van der Waals surface area contributed by atoms with E-state index in [-0.39, 0.29) is 46.8 Å². The number of carbonyl (C=O) groups is 1. The largest absolute Gasteiger partial charge is 0.478 e. The molecule has 0 bridgehead atoms. The minimum atomic E-state index is -1.05. The van der Waals surface area contributed by atoms with Crippen LogP contribution in [0.1, 0.15) is 59.1 Å². The van der Waals surface area contributed by atoms with Gasteiger partial charge in [0.1, 0.15) is 29.9 Å². The standard InChI is InChI=1S/C33H29F3N4O3/c1-3-33(9-10-33)18-40-29-15-20(31(41)42)6-7-28(29)38-30(40)16-23-25(35)13-22(14-26(23)36)27-8-11-37-32(39-27)43-17-21-5-4-19(2)12-24(21)34/h4-8,11-15H,3,9-10,16-18H2,1-2H3,(H,41,42). The molecule has 0 amide bonds. The second-order valence-electron chi connectivity index (χ2n) is 11.2. The average Bonchev–Trinajstić information content (AvgIpc) is 3.69. The number of halogens is 3. The van der Waals surface area contributed by atoms with Gasteiger partial charge in [-0.05, 0) is 79.6 Å². The van der Waals surface area contributed by atoms with E-state index in [1.807, 2.05) is 4.57 Å². The third kappa shape index (κ3) is 5.82. The van der Waals surface area contributed by atoms with E-state index in [1.54, 1.807) is 31.2 Å². The number of fused-ring (bicyclic) bond motifs is 1. The monoisotopic (exact) mass is 586 g/mol. The van der Waals surface area contributed by atoms with E-state index < -0.39 is 23.4 Å². The van der Waals surface area contributed by atoms with Crippen LogP contribution >= 0.6 is 0 Å². The van der Waals surface area contributed by atoms with Gasteiger partial charge in [0.25, 0.3) is 0 Å². The quantitative estimate of drug-likeness (QED) is 0.185. The molecule has 10 heteroatoms. The number of nitrogens with zero attached hydrogens (tertiary/aromatic N) is 4. The summed E-state index contributed by atoms with van der Waals surface area (Å²) in [5.74, 6) is -2.53. The lowest BCUT2D eigenvalue weighted by atomic mass is 10.0. The van der Waals surface area contributed by atoms with Crippen LogP contribution < -0.4 is 4.74 Å². The molecular formula is C33H29F3N4O3. The number of aromatic nitrogens is 4. The summed E-state index contributed by atoms with van der Waals surface area (Å²) in [4.78, 5) is 24.6. The highest BCUT2D eigenvalue weighted by molar-refractivity contribution is 5.92. The van der Waals surface area contributed by atoms with Crippen LogP contribution in [0.3, 0.4) is 0 Å². The van der Waals surface area contributed by atoms with Gasteiger partial charge in [0.15, 0.2) is 0 Å². The van der Waals surface area contributed by atoms with Gasteiger partial charge >= 0.3 is 12.0 Å². The maximum absolute atomic E-state index is 15.5. The minimum absolute atomic E-state index is 0.0539. The van der Waals surface area contributed by atoms with Crippen molar-refractivity contribution in [3.05, 3.63) is 106 Å². The van der Waals surface area contributed by atoms with Gasteiger partial charge in [0.05, 0.1) is 22.3 Å². The molecule has 5 aromatic rings. The van der Waals surface area contributed by atoms with Crippen molar-refractivity contribution < 1.29 is 27.8 Å². The van der Waals surface area contributed by atoms with E-state index in [0.717, 1.165) is 24.8 Å². The maximum atomic E-state index is 15.5. The highest BCUT2D eigenvalue weighted by Gasteiger charge is 2.41. The molecule has 43 heavy (non-hydrogen) atoms. The van der Waals surface area contributed by atoms with Gasteiger partial charge in [0.2, 0.25) is 0 Å². The molecule has 0 unspecified atom stereocenters. The molecule has 7 nitrogen and oxygen atoms in total. The van der Waals surface area contributed by atoms with Crippen LogP contribution in [0, 0.1) is 29.8 Å². The topological polar surface area (TPSA) is 90.1 Å². The van der Waals surface area contributed by atoms with Crippen molar-refractivity contribution in [2.75, 3.05) is 0 Å². The molecule has 6 rings (SSSR count). The fourth-order valence-corrected chi connectivity index (χ4v) is 5.31. The molecule has 0 saturated heterocycles. The Hall–Kier alpha value is -4.73. The van der Waals surface area contributed by atoms with Crippen LogP contribution in [0.15, 0.2) is 60.8 Å². The zero-order valence-corrected chi connectivity index (χ0v) is 23.7. The zero-order chi connectivity index (χ0) is 30.3. The molecule has 1 aliphatic carbocycles. The molecule has 1 aliphatic rings. The fourth-order valence-electron chi connectivity index (χ4n) is 5.31. The van der Waals surface area contributed by atoms with Crippen LogP contribution in [-0.4, -0.2) is 30.6 Å². The highest BCUT2D eigenvalue weighted by atomic mass is 19.1. The normalized spacial score (nSPS) is 13.8. The van der Waals surface area contributed by atoms with E-state index in [1.165, 1.54) is 36.5 Å². The van der Waals surface area contributed by atoms with Crippen molar-refractivity contribution in [3.8, 4) is 17.3 Å². The number of benzene rings is 3. The lowest BCUT2D eigenvalue weighted by molar-refractivity contribution is 0.0697. The number of aromatic carboxylic acids is 1. The average molecular weight is 587 g/mol. The number of rotatable bonds is 10. The summed E-state index contributed by atoms with van der Waals surface area (Å²) < 4.78 is 52.7. The number of carboxylic acids is 1. The number of hydrogen-bond donors (Lipinski definition) is 1. The van der Waals surface area contributed by atoms with Gasteiger partial charge in [-0.25, -0.2) is 27.9 Å². The Balaban J connectivity index is 1.28. The number of ether oxygens (including phenoxy) is 1. The first-order valence-electron chi connectivity index (χ1n) is 14.1. The summed E-state index contributed by atoms with van der Waals surface area (Å²) in [6, 6.07) is 13.3. The number of imidazole rings is 1. The Kier molecular flexibility index (Phi) is 7.37. The predicted octanol–water partition coefficient (Wildman–Crippen LogP) is 7.28. The molecule has 3 aromatic carbocycles. The molecule has 2 heterocycles. The number of hydrogen-bond acceptors (Lipinski definition) is 5. The van der Waals surface area contributed by atoms with Gasteiger partial charge in [-0.3, -0.25) is 0 Å². The van der Waals surface area contributed by atoms with Crippen LogP contribution in [0.2, 0.25) is 0 Å². The van der Waals surface area contributed by atoms with Crippen molar-refractivity contribution in [1.29, 1.82) is 0 Å². The SMILES string of the molecule is CCC1(Cn2c(Cc3c(F)cc(-c4ccnc(OCc5ccc(C)cc5F)n4)cc3F)nc3ccc(C(=O)O)cc32)CC1. The summed E-state index contributed by atoms with van der Waals surface area (Å²) >= 11 is 0. The first kappa shape index (κ1) is 28.4. The third-order valence-corrected chi connectivity index (χ3v) is 8.25. The summed E-state index contributed by atoms with van der Waals surface area (Å²) in [7, 11) is 0. The summed E-state index contributed by atoms with van der Waals surface area (Å²) in [5, 5.41) is 9.52. The second-order valence-corrected chi connectivity index (χ2v) is 11.2. The Morgan fingerprint density at radius 1 is 1.00 bits per heavy atom. The molecule has 0 radical (unpaired) electrons. The molecule has 1 saturated carbocycles. The smallest absolute Gasteiger partial charge is 0.335 e. The maximum Gasteiger partial charge on any atom is 0.335 e. The minimum Gasteiger partial charge on any atom is -0.478 e. The molecule has 1 N–H and O–H groups in total. The summed E-state index contributed by atoms with van der Waals surface area (Å²) in [6.45, 7) is 4.38. The summed E-state index contributed by atoms with van der Waals surface area (Å²) in [5.41, 5.74) is 2.79. The lowest BCUT2D eigenvalue weighted by Gasteiger charge is -2.17. The van der Waals surface area contributed by atoms with Crippen molar-refractivity contribution >= 4 is 17.0 Å². The van der Waals surface area contributed by atoms with Crippen molar-refractivity contribution in [2.45, 2.75) is 52.7 Å². The molecule has 0 spiro atoms. The first-order valence-corrected chi connectivity index (χ1v) is 14.1. The molecule has 0 atom stereocenters. The van der Waals surface area contributed by atoms with Crippen molar-refractivity contribution in [2.24, 2.45) is 5.41 Å². The number of carboxylic acid groups (broad SMARTS) is 1. The van der Waals surface area contributed by atoms with E-state index in [4.69, 9.17) is 4.74 Å². The fraction of sp³-hybridized carbons (Fsp3) is 0.273. The van der Waals surface area contributed by atoms with E-state index in [0.29, 0.717) is 29.0 Å². The van der Waals surface area contributed by atoms with Gasteiger partial charge in [-0.1, -0.05) is 19.1 Å². The van der Waals surface area contributed by atoms with Crippen LogP contribution in [0.25, 0.3) is 22.3 Å². The summed E-state index contributed by atoms with van der Waals surface area (Å²) in [6.07, 6.45) is 4.29. The first-order chi connectivity index (χ1) is 20.6. The predicted molar refractivity (Wildman–Crippen MR) is 154 cm³/mol. The Labute approximate surface area is 246 Å². The Morgan fingerprint density at radius 3 is 2.44 bits per heavy atom. The lowest BCUT2D eigenvalue weighted by Crippen LogP contribution is -2.15. The Bertz CT molecular complexity index is 1840. The molecule has 0 aliphatic heterocycles. The van der Waals surface area contributed by atoms with Gasteiger partial charge in [-0.2, -0.15) is 4.98 Å². The Morgan fingerprint density at radius 2 is 1.77 bits per heavy atom. The van der Waals surface area contributed by atoms with Gasteiger partial charge < -0.3 is 14.4 Å². The molecule has 220 valence electrons. The van der Waals surface area contributed by atoms with Crippen molar-refractivity contribution in [1.82, 2.24) is 19.5 Å². The molecular weight excluding hydrogens is 557 g/mol. The molecule has 2 aromatic heterocycles. The molecule has 1 fully saturated rings. The van der Waals surface area contributed by atoms with Crippen molar-refractivity contribution in [3.63, 3.8) is 0 Å². The van der Waals surface area contributed by atoms with Gasteiger partial charge in [-0.15, -0.1) is 0 Å². The van der Waals surface area contributed by atoms with E-state index in [9.17, 15) is 14.3 Å². The van der Waals surface area contributed by atoms with Crippen LogP contribution in [-0.2, 0) is 19.6 Å². The number of aryl methyl sites for hydroxylation is 1. The van der Waals surface area contributed by atoms with Crippen LogP contribution in [0.5, 0.6) is 6.01 Å². The van der Waals surface area contributed by atoms with E-state index >= 15 is 8.78 Å². The second kappa shape index (κ2) is 11.2. The zero-order valence-electron chi connectivity index (χ0n) is 23.7. The highest BCUT2D eigenvalue weighted by Crippen LogP contribution is 2.50. The van der Waals surface area contributed by atoms with Crippen LogP contribution in [0.4, 0.5) is 13.2 Å². The van der Waals surface area contributed by atoms with E-state index in [2.05, 4.69) is 21.9 Å². The van der Waals surface area contributed by atoms with Gasteiger partial charge in [0, 0.05) is 35.9 Å². The third-order valence-electron chi connectivity index (χ3n) is 8.25.